The molecule has 1 aromatic carbocycles. The molecule has 0 bridgehead atoms. The van der Waals surface area contributed by atoms with Crippen molar-refractivity contribution >= 4 is 34.4 Å². The van der Waals surface area contributed by atoms with Gasteiger partial charge in [0.1, 0.15) is 0 Å². The molecule has 0 aliphatic heterocycles. The van der Waals surface area contributed by atoms with Crippen LogP contribution in [0.1, 0.15) is 51.0 Å². The largest absolute Gasteiger partial charge is 0.399 e. The van der Waals surface area contributed by atoms with Gasteiger partial charge >= 0.3 is 5.69 Å². The van der Waals surface area contributed by atoms with E-state index < -0.39 is 11.2 Å². The van der Waals surface area contributed by atoms with E-state index in [-0.39, 0.29) is 23.3 Å². The lowest BCUT2D eigenvalue weighted by atomic mass is 10.2. The zero-order chi connectivity index (χ0) is 23.1. The number of rotatable bonds is 11. The molecule has 32 heavy (non-hydrogen) atoms. The second kappa shape index (κ2) is 11.0. The first-order chi connectivity index (χ1) is 15.4. The molecule has 0 radical (unpaired) electrons. The summed E-state index contributed by atoms with van der Waals surface area (Å²) in [5.74, 6) is -0.0902. The summed E-state index contributed by atoms with van der Waals surface area (Å²) in [6.45, 7) is 3.18. The molecule has 0 fully saturated rings. The Bertz CT molecular complexity index is 1200. The lowest BCUT2D eigenvalue weighted by Crippen LogP contribution is -2.40. The van der Waals surface area contributed by atoms with E-state index >= 15 is 0 Å². The zero-order valence-electron chi connectivity index (χ0n) is 18.2. The molecule has 0 saturated heterocycles. The van der Waals surface area contributed by atoms with Gasteiger partial charge in [0.15, 0.2) is 11.2 Å². The Morgan fingerprint density at radius 2 is 1.91 bits per heavy atom. The van der Waals surface area contributed by atoms with Gasteiger partial charge in [-0.2, -0.15) is 4.98 Å². The van der Waals surface area contributed by atoms with Crippen molar-refractivity contribution in [2.45, 2.75) is 65.1 Å². The molecule has 3 aromatic rings. The minimum absolute atomic E-state index is 0.0790. The number of aromatic amines is 1. The number of nitrogens with one attached hydrogen (secondary N) is 2. The van der Waals surface area contributed by atoms with Crippen LogP contribution < -0.4 is 22.3 Å². The van der Waals surface area contributed by atoms with Crippen molar-refractivity contribution in [2.75, 3.05) is 5.73 Å². The SMILES string of the molecule is CCCCCn1c(=O)n(CCCCC(=O)NCc2cccc(N)c2)c(=O)c2[nH]c(Cl)nc21. The first kappa shape index (κ1) is 23.6. The molecular formula is C22H29ClN6O3. The van der Waals surface area contributed by atoms with Gasteiger partial charge in [0.25, 0.3) is 5.56 Å². The zero-order valence-corrected chi connectivity index (χ0v) is 19.0. The average Bonchev–Trinajstić information content (AvgIpc) is 3.16. The maximum Gasteiger partial charge on any atom is 0.332 e. The highest BCUT2D eigenvalue weighted by molar-refractivity contribution is 6.28. The third-order valence-electron chi connectivity index (χ3n) is 5.29. The summed E-state index contributed by atoms with van der Waals surface area (Å²) >= 11 is 5.96. The summed E-state index contributed by atoms with van der Waals surface area (Å²) in [6.07, 6.45) is 4.16. The van der Waals surface area contributed by atoms with Gasteiger partial charge in [0.2, 0.25) is 11.2 Å². The fourth-order valence-corrected chi connectivity index (χ4v) is 3.78. The number of aryl methyl sites for hydroxylation is 1. The van der Waals surface area contributed by atoms with Crippen LogP contribution in [-0.4, -0.2) is 25.0 Å². The maximum atomic E-state index is 13.0. The second-order valence-corrected chi connectivity index (χ2v) is 8.16. The van der Waals surface area contributed by atoms with Crippen molar-refractivity contribution < 1.29 is 4.79 Å². The van der Waals surface area contributed by atoms with E-state index in [0.29, 0.717) is 43.7 Å². The van der Waals surface area contributed by atoms with Crippen LogP contribution in [0.5, 0.6) is 0 Å². The summed E-state index contributed by atoms with van der Waals surface area (Å²) in [7, 11) is 0. The molecule has 1 amide bonds. The summed E-state index contributed by atoms with van der Waals surface area (Å²) in [4.78, 5) is 44.8. The minimum atomic E-state index is -0.442. The lowest BCUT2D eigenvalue weighted by molar-refractivity contribution is -0.121. The number of nitrogens with zero attached hydrogens (tertiary/aromatic N) is 3. The van der Waals surface area contributed by atoms with Crippen molar-refractivity contribution in [3.8, 4) is 0 Å². The summed E-state index contributed by atoms with van der Waals surface area (Å²) in [5, 5.41) is 2.93. The maximum absolute atomic E-state index is 13.0. The highest BCUT2D eigenvalue weighted by Gasteiger charge is 2.16. The van der Waals surface area contributed by atoms with E-state index in [2.05, 4.69) is 22.2 Å². The van der Waals surface area contributed by atoms with Gasteiger partial charge in [0, 0.05) is 31.7 Å². The van der Waals surface area contributed by atoms with Crippen molar-refractivity contribution in [2.24, 2.45) is 0 Å². The van der Waals surface area contributed by atoms with Crippen LogP contribution in [0.25, 0.3) is 11.2 Å². The Morgan fingerprint density at radius 1 is 1.16 bits per heavy atom. The number of anilines is 1. The van der Waals surface area contributed by atoms with Crippen molar-refractivity contribution in [1.82, 2.24) is 24.4 Å². The number of carbonyl (C=O) groups excluding carboxylic acids is 1. The number of amides is 1. The monoisotopic (exact) mass is 460 g/mol. The first-order valence-corrected chi connectivity index (χ1v) is 11.3. The van der Waals surface area contributed by atoms with E-state index in [1.807, 2.05) is 18.2 Å². The van der Waals surface area contributed by atoms with E-state index in [4.69, 9.17) is 17.3 Å². The van der Waals surface area contributed by atoms with Crippen LogP contribution in [0.2, 0.25) is 5.28 Å². The molecule has 0 aliphatic carbocycles. The number of hydrogen-bond acceptors (Lipinski definition) is 5. The second-order valence-electron chi connectivity index (χ2n) is 7.80. The standard InChI is InChI=1S/C22H29ClN6O3/c1-2-3-5-11-28-19-18(26-21(23)27-19)20(31)29(22(28)32)12-6-4-10-17(30)25-14-15-8-7-9-16(24)13-15/h7-9,13H,2-6,10-12,14,24H2,1H3,(H,25,30)(H,26,27). The van der Waals surface area contributed by atoms with Gasteiger partial charge in [-0.1, -0.05) is 31.9 Å². The molecule has 0 saturated carbocycles. The van der Waals surface area contributed by atoms with Gasteiger partial charge in [-0.25, -0.2) is 4.79 Å². The van der Waals surface area contributed by atoms with Gasteiger partial charge in [-0.3, -0.25) is 18.7 Å². The predicted octanol–water partition coefficient (Wildman–Crippen LogP) is 2.80. The number of halogens is 1. The van der Waals surface area contributed by atoms with Crippen LogP contribution in [-0.2, 0) is 24.4 Å². The number of nitrogens with two attached hydrogens (primary N) is 1. The first-order valence-electron chi connectivity index (χ1n) is 10.9. The minimum Gasteiger partial charge on any atom is -0.399 e. The van der Waals surface area contributed by atoms with Gasteiger partial charge < -0.3 is 16.0 Å². The van der Waals surface area contributed by atoms with Crippen molar-refractivity contribution in [3.63, 3.8) is 0 Å². The van der Waals surface area contributed by atoms with Gasteiger partial charge in [0.05, 0.1) is 0 Å². The Labute approximate surface area is 190 Å². The molecule has 0 spiro atoms. The molecule has 2 aromatic heterocycles. The molecule has 9 nitrogen and oxygen atoms in total. The smallest absolute Gasteiger partial charge is 0.332 e. The van der Waals surface area contributed by atoms with Crippen molar-refractivity contribution in [3.05, 3.63) is 56.0 Å². The molecular weight excluding hydrogens is 432 g/mol. The Morgan fingerprint density at radius 3 is 2.66 bits per heavy atom. The summed E-state index contributed by atoms with van der Waals surface area (Å²) < 4.78 is 2.71. The number of hydrogen-bond donors (Lipinski definition) is 3. The van der Waals surface area contributed by atoms with E-state index in [0.717, 1.165) is 24.8 Å². The van der Waals surface area contributed by atoms with Crippen LogP contribution >= 0.6 is 11.6 Å². The fraction of sp³-hybridized carbons (Fsp3) is 0.455. The van der Waals surface area contributed by atoms with E-state index in [1.165, 1.54) is 9.13 Å². The van der Waals surface area contributed by atoms with Crippen LogP contribution in [0.4, 0.5) is 5.69 Å². The topological polar surface area (TPSA) is 128 Å². The lowest BCUT2D eigenvalue weighted by Gasteiger charge is -2.11. The van der Waals surface area contributed by atoms with Crippen LogP contribution in [0, 0.1) is 0 Å². The Hall–Kier alpha value is -3.07. The fourth-order valence-electron chi connectivity index (χ4n) is 3.60. The van der Waals surface area contributed by atoms with E-state index in [1.54, 1.807) is 6.07 Å². The summed E-state index contributed by atoms with van der Waals surface area (Å²) in [6, 6.07) is 7.34. The molecule has 4 N–H and O–H groups in total. The third kappa shape index (κ3) is 5.79. The van der Waals surface area contributed by atoms with Crippen LogP contribution in [0.3, 0.4) is 0 Å². The molecule has 0 unspecified atom stereocenters. The number of aromatic nitrogens is 4. The number of H-pyrrole nitrogens is 1. The highest BCUT2D eigenvalue weighted by Crippen LogP contribution is 2.11. The number of carbonyl (C=O) groups is 1. The number of fused-ring (bicyclic) bond motifs is 1. The highest BCUT2D eigenvalue weighted by atomic mass is 35.5. The van der Waals surface area contributed by atoms with Crippen LogP contribution in [0.15, 0.2) is 33.9 Å². The molecule has 172 valence electrons. The molecule has 10 heteroatoms. The predicted molar refractivity (Wildman–Crippen MR) is 126 cm³/mol. The normalized spacial score (nSPS) is 11.2. The molecule has 0 aliphatic rings. The molecule has 3 rings (SSSR count). The number of benzene rings is 1. The number of imidazole rings is 1. The van der Waals surface area contributed by atoms with Gasteiger partial charge in [-0.05, 0) is 48.6 Å². The Balaban J connectivity index is 1.61. The number of unbranched alkanes of at least 4 members (excludes halogenated alkanes) is 3. The van der Waals surface area contributed by atoms with Gasteiger partial charge in [-0.15, -0.1) is 0 Å². The van der Waals surface area contributed by atoms with E-state index in [9.17, 15) is 14.4 Å². The number of nitrogen functional groups attached to an aromatic ring is 1. The summed E-state index contributed by atoms with van der Waals surface area (Å²) in [5.41, 5.74) is 7.00. The third-order valence-corrected chi connectivity index (χ3v) is 5.47. The average molecular weight is 461 g/mol. The molecule has 2 heterocycles. The molecule has 0 atom stereocenters. The Kier molecular flexibility index (Phi) is 8.10. The van der Waals surface area contributed by atoms with Crippen molar-refractivity contribution in [1.29, 1.82) is 0 Å². The quantitative estimate of drug-likeness (QED) is 0.230.